The van der Waals surface area contributed by atoms with Crippen molar-refractivity contribution in [1.82, 2.24) is 4.98 Å². The number of hydrogen-bond donors (Lipinski definition) is 1. The Kier molecular flexibility index (Phi) is 3.39. The summed E-state index contributed by atoms with van der Waals surface area (Å²) in [5, 5.41) is 12.0. The first-order valence-electron chi connectivity index (χ1n) is 5.34. The zero-order chi connectivity index (χ0) is 13.0. The Morgan fingerprint density at radius 1 is 1.56 bits per heavy atom. The smallest absolute Gasteiger partial charge is 0.238 e. The Balaban J connectivity index is 2.40. The molecule has 0 saturated carbocycles. The maximum atomic E-state index is 11.4. The van der Waals surface area contributed by atoms with Crippen molar-refractivity contribution in [2.75, 3.05) is 12.4 Å². The number of nitrogens with one attached hydrogen (secondary N) is 1. The number of hydrogen-bond acceptors (Lipinski definition) is 4. The molecule has 0 fully saturated rings. The van der Waals surface area contributed by atoms with Crippen LogP contribution in [-0.4, -0.2) is 18.0 Å². The molecule has 90 valence electrons. The third-order valence-electron chi connectivity index (χ3n) is 2.44. The number of rotatable bonds is 3. The van der Waals surface area contributed by atoms with Crippen LogP contribution in [0, 0.1) is 11.3 Å². The molecule has 0 radical (unpaired) electrons. The van der Waals surface area contributed by atoms with Gasteiger partial charge in [0.05, 0.1) is 30.6 Å². The molecule has 0 saturated heterocycles. The predicted molar refractivity (Wildman–Crippen MR) is 67.2 cm³/mol. The van der Waals surface area contributed by atoms with Gasteiger partial charge >= 0.3 is 0 Å². The maximum Gasteiger partial charge on any atom is 0.238 e. The van der Waals surface area contributed by atoms with E-state index in [4.69, 9.17) is 10.00 Å². The number of ether oxygens (including phenoxy) is 1. The van der Waals surface area contributed by atoms with Gasteiger partial charge in [-0.05, 0) is 12.1 Å². The van der Waals surface area contributed by atoms with Crippen LogP contribution in [0.4, 0.5) is 5.69 Å². The molecule has 0 spiro atoms. The fraction of sp³-hybridized carbons (Fsp3) is 0.154. The summed E-state index contributed by atoms with van der Waals surface area (Å²) in [5.74, 6) is 0.311. The van der Waals surface area contributed by atoms with E-state index < -0.39 is 0 Å². The molecule has 5 heteroatoms. The summed E-state index contributed by atoms with van der Waals surface area (Å²) < 4.78 is 5.09. The summed E-state index contributed by atoms with van der Waals surface area (Å²) in [4.78, 5) is 15.6. The maximum absolute atomic E-state index is 11.4. The number of benzene rings is 1. The Morgan fingerprint density at radius 3 is 3.11 bits per heavy atom. The summed E-state index contributed by atoms with van der Waals surface area (Å²) >= 11 is 0. The van der Waals surface area contributed by atoms with Crippen LogP contribution in [-0.2, 0) is 4.79 Å². The zero-order valence-electron chi connectivity index (χ0n) is 9.80. The number of methoxy groups -OCH3 is 1. The van der Waals surface area contributed by atoms with E-state index in [0.717, 1.165) is 5.39 Å². The largest absolute Gasteiger partial charge is 0.495 e. The number of pyridine rings is 1. The average Bonchev–Trinajstić information content (AvgIpc) is 2.38. The van der Waals surface area contributed by atoms with Gasteiger partial charge in [-0.25, -0.2) is 0 Å². The van der Waals surface area contributed by atoms with E-state index in [9.17, 15) is 4.79 Å². The van der Waals surface area contributed by atoms with Crippen molar-refractivity contribution >= 4 is 22.5 Å². The summed E-state index contributed by atoms with van der Waals surface area (Å²) in [6.07, 6.45) is 1.41. The lowest BCUT2D eigenvalue weighted by Gasteiger charge is -2.07. The van der Waals surface area contributed by atoms with Crippen molar-refractivity contribution in [2.24, 2.45) is 0 Å². The quantitative estimate of drug-likeness (QED) is 0.892. The number of fused-ring (bicyclic) bond motifs is 1. The standard InChI is InChI=1S/C13H11N3O2/c1-18-10-7-9-3-2-4-11(13(9)15-8-10)16-12(17)5-6-14/h2-4,7-8H,5H2,1H3,(H,16,17). The lowest BCUT2D eigenvalue weighted by Crippen LogP contribution is -2.10. The van der Waals surface area contributed by atoms with Crippen LogP contribution in [0.15, 0.2) is 30.5 Å². The predicted octanol–water partition coefficient (Wildman–Crippen LogP) is 2.10. The summed E-state index contributed by atoms with van der Waals surface area (Å²) in [6, 6.07) is 9.07. The minimum absolute atomic E-state index is 0.174. The van der Waals surface area contributed by atoms with Crippen LogP contribution >= 0.6 is 0 Å². The van der Waals surface area contributed by atoms with Crippen LogP contribution in [0.25, 0.3) is 10.9 Å². The molecule has 0 aliphatic carbocycles. The van der Waals surface area contributed by atoms with Gasteiger partial charge < -0.3 is 10.1 Å². The molecule has 0 aliphatic rings. The fourth-order valence-electron chi connectivity index (χ4n) is 1.62. The Labute approximate surface area is 104 Å². The molecule has 1 aromatic heterocycles. The number of carbonyl (C=O) groups excluding carboxylic acids is 1. The average molecular weight is 241 g/mol. The third kappa shape index (κ3) is 2.38. The van der Waals surface area contributed by atoms with E-state index in [2.05, 4.69) is 10.3 Å². The number of anilines is 1. The number of aromatic nitrogens is 1. The third-order valence-corrected chi connectivity index (χ3v) is 2.44. The SMILES string of the molecule is COc1cnc2c(NC(=O)CC#N)cccc2c1. The van der Waals surface area contributed by atoms with Gasteiger partial charge in [-0.15, -0.1) is 0 Å². The van der Waals surface area contributed by atoms with Crippen molar-refractivity contribution < 1.29 is 9.53 Å². The number of nitriles is 1. The van der Waals surface area contributed by atoms with Crippen molar-refractivity contribution in [1.29, 1.82) is 5.26 Å². The van der Waals surface area contributed by atoms with E-state index in [1.54, 1.807) is 25.4 Å². The highest BCUT2D eigenvalue weighted by Gasteiger charge is 2.07. The first-order chi connectivity index (χ1) is 8.74. The second-order valence-corrected chi connectivity index (χ2v) is 3.64. The van der Waals surface area contributed by atoms with Gasteiger partial charge in [-0.1, -0.05) is 12.1 Å². The van der Waals surface area contributed by atoms with Gasteiger partial charge in [0.1, 0.15) is 12.2 Å². The van der Waals surface area contributed by atoms with Gasteiger partial charge in [-0.3, -0.25) is 9.78 Å². The molecule has 0 aliphatic heterocycles. The fourth-order valence-corrected chi connectivity index (χ4v) is 1.62. The van der Waals surface area contributed by atoms with Crippen molar-refractivity contribution in [3.05, 3.63) is 30.5 Å². The molecular weight excluding hydrogens is 230 g/mol. The van der Waals surface area contributed by atoms with E-state index in [1.807, 2.05) is 18.2 Å². The number of amides is 1. The number of para-hydroxylation sites is 1. The summed E-state index contributed by atoms with van der Waals surface area (Å²) in [7, 11) is 1.57. The van der Waals surface area contributed by atoms with E-state index in [1.165, 1.54) is 0 Å². The molecule has 0 atom stereocenters. The zero-order valence-corrected chi connectivity index (χ0v) is 9.80. The van der Waals surface area contributed by atoms with Crippen molar-refractivity contribution in [3.63, 3.8) is 0 Å². The minimum atomic E-state index is -0.345. The molecule has 1 aromatic carbocycles. The van der Waals surface area contributed by atoms with E-state index in [0.29, 0.717) is 17.0 Å². The first kappa shape index (κ1) is 11.9. The highest BCUT2D eigenvalue weighted by atomic mass is 16.5. The van der Waals surface area contributed by atoms with Crippen molar-refractivity contribution in [3.8, 4) is 11.8 Å². The normalized spacial score (nSPS) is 9.78. The van der Waals surface area contributed by atoms with E-state index >= 15 is 0 Å². The minimum Gasteiger partial charge on any atom is -0.495 e. The molecule has 0 unspecified atom stereocenters. The second kappa shape index (κ2) is 5.15. The number of carbonyl (C=O) groups is 1. The topological polar surface area (TPSA) is 75.0 Å². The molecule has 2 aromatic rings. The van der Waals surface area contributed by atoms with Gasteiger partial charge in [0, 0.05) is 5.39 Å². The van der Waals surface area contributed by atoms with Crippen LogP contribution in [0.3, 0.4) is 0 Å². The molecule has 1 amide bonds. The van der Waals surface area contributed by atoms with Crippen LogP contribution < -0.4 is 10.1 Å². The Morgan fingerprint density at radius 2 is 2.39 bits per heavy atom. The first-order valence-corrected chi connectivity index (χ1v) is 5.34. The van der Waals surface area contributed by atoms with Gasteiger partial charge in [0.15, 0.2) is 0 Å². The molecule has 1 heterocycles. The molecule has 2 rings (SSSR count). The Bertz CT molecular complexity index is 632. The van der Waals surface area contributed by atoms with Gasteiger partial charge in [0.2, 0.25) is 5.91 Å². The van der Waals surface area contributed by atoms with Crippen LogP contribution in [0.5, 0.6) is 5.75 Å². The summed E-state index contributed by atoms with van der Waals surface area (Å²) in [6.45, 7) is 0. The number of nitrogens with zero attached hydrogens (tertiary/aromatic N) is 2. The van der Waals surface area contributed by atoms with Gasteiger partial charge in [-0.2, -0.15) is 5.26 Å². The van der Waals surface area contributed by atoms with E-state index in [-0.39, 0.29) is 12.3 Å². The van der Waals surface area contributed by atoms with Crippen molar-refractivity contribution in [2.45, 2.75) is 6.42 Å². The molecule has 1 N–H and O–H groups in total. The molecule has 5 nitrogen and oxygen atoms in total. The Hall–Kier alpha value is -2.61. The molecular formula is C13H11N3O2. The summed E-state index contributed by atoms with van der Waals surface area (Å²) in [5.41, 5.74) is 1.26. The van der Waals surface area contributed by atoms with Crippen LogP contribution in [0.2, 0.25) is 0 Å². The monoisotopic (exact) mass is 241 g/mol. The highest BCUT2D eigenvalue weighted by molar-refractivity contribution is 6.00. The molecule has 0 bridgehead atoms. The molecule has 18 heavy (non-hydrogen) atoms. The second-order valence-electron chi connectivity index (χ2n) is 3.64. The van der Waals surface area contributed by atoms with Crippen LogP contribution in [0.1, 0.15) is 6.42 Å². The lowest BCUT2D eigenvalue weighted by atomic mass is 10.2. The van der Waals surface area contributed by atoms with Gasteiger partial charge in [0.25, 0.3) is 0 Å². The lowest BCUT2D eigenvalue weighted by molar-refractivity contribution is -0.115. The highest BCUT2D eigenvalue weighted by Crippen LogP contribution is 2.24.